The van der Waals surface area contributed by atoms with Crippen LogP contribution in [-0.4, -0.2) is 9.38 Å². The molecule has 4 aromatic rings. The van der Waals surface area contributed by atoms with Crippen molar-refractivity contribution < 1.29 is 0 Å². The van der Waals surface area contributed by atoms with E-state index in [9.17, 15) is 0 Å². The first-order valence-corrected chi connectivity index (χ1v) is 8.22. The number of imidazole rings is 1. The lowest BCUT2D eigenvalue weighted by atomic mass is 10.2. The monoisotopic (exact) mass is 333 g/mol. The van der Waals surface area contributed by atoms with E-state index in [1.54, 1.807) is 17.5 Å². The van der Waals surface area contributed by atoms with E-state index in [1.165, 1.54) is 0 Å². The average Bonchev–Trinajstić information content (AvgIpc) is 3.20. The van der Waals surface area contributed by atoms with Crippen molar-refractivity contribution in [3.8, 4) is 22.4 Å². The van der Waals surface area contributed by atoms with Gasteiger partial charge in [0.05, 0.1) is 14.8 Å². The normalized spacial score (nSPS) is 10.5. The quantitative estimate of drug-likeness (QED) is 0.452. The van der Waals surface area contributed by atoms with Crippen molar-refractivity contribution >= 4 is 28.6 Å². The maximum atomic E-state index is 5.99. The molecule has 0 aliphatic rings. The number of benzene rings is 1. The first-order chi connectivity index (χ1) is 11.3. The van der Waals surface area contributed by atoms with E-state index in [1.807, 2.05) is 59.0 Å². The van der Waals surface area contributed by atoms with Crippen LogP contribution < -0.4 is 0 Å². The van der Waals surface area contributed by atoms with Gasteiger partial charge in [-0.3, -0.25) is 4.40 Å². The van der Waals surface area contributed by atoms with Crippen LogP contribution in [0.5, 0.6) is 0 Å². The molecule has 0 unspecified atom stereocenters. The summed E-state index contributed by atoms with van der Waals surface area (Å²) in [6, 6.07) is 17.7. The van der Waals surface area contributed by atoms with Crippen molar-refractivity contribution in [1.82, 2.24) is 9.38 Å². The number of nitrogens with zero attached hydrogens (tertiary/aromatic N) is 2. The second-order valence-corrected chi connectivity index (χ2v) is 6.45. The van der Waals surface area contributed by atoms with Gasteiger partial charge in [0, 0.05) is 11.8 Å². The van der Waals surface area contributed by atoms with Crippen LogP contribution in [0.2, 0.25) is 5.02 Å². The highest BCUT2D eigenvalue weighted by Gasteiger charge is 2.08. The summed E-state index contributed by atoms with van der Waals surface area (Å²) in [5.74, 6) is 6.36. The number of aromatic nitrogens is 2. The summed E-state index contributed by atoms with van der Waals surface area (Å²) in [7, 11) is 0. The molecule has 0 bridgehead atoms. The molecule has 4 heteroatoms. The summed E-state index contributed by atoms with van der Waals surface area (Å²) in [6.45, 7) is 0. The molecule has 109 valence electrons. The predicted molar refractivity (Wildman–Crippen MR) is 94.8 cm³/mol. The zero-order valence-corrected chi connectivity index (χ0v) is 13.5. The summed E-state index contributed by atoms with van der Waals surface area (Å²) in [6.07, 6.45) is 5.03. The molecular formula is C19H10ClN2S. The van der Waals surface area contributed by atoms with Gasteiger partial charge in [0.25, 0.3) is 0 Å². The Balaban J connectivity index is 1.65. The molecule has 0 fully saturated rings. The van der Waals surface area contributed by atoms with Crippen LogP contribution in [0, 0.1) is 18.0 Å². The minimum absolute atomic E-state index is 0.665. The Hall–Kier alpha value is -2.54. The third-order valence-electron chi connectivity index (χ3n) is 3.29. The highest BCUT2D eigenvalue weighted by Crippen LogP contribution is 2.27. The van der Waals surface area contributed by atoms with Crippen LogP contribution in [0.25, 0.3) is 16.2 Å². The third kappa shape index (κ3) is 3.00. The lowest BCUT2D eigenvalue weighted by molar-refractivity contribution is 1.18. The molecule has 4 rings (SSSR count). The number of halogens is 1. The topological polar surface area (TPSA) is 17.3 Å². The Morgan fingerprint density at radius 2 is 1.87 bits per heavy atom. The lowest BCUT2D eigenvalue weighted by Gasteiger charge is -1.90. The molecule has 0 saturated heterocycles. The molecular weight excluding hydrogens is 324 g/mol. The molecule has 3 aromatic heterocycles. The SMILES string of the molecule is Clc1ccc2nc(-c3ccc(C#Cc4ccccc4)s3)[c]n2c1. The fraction of sp³-hybridized carbons (Fsp3) is 0. The molecule has 0 spiro atoms. The Kier molecular flexibility index (Phi) is 3.63. The largest absolute Gasteiger partial charge is 0.296 e. The van der Waals surface area contributed by atoms with E-state index in [0.717, 1.165) is 26.7 Å². The standard InChI is InChI=1S/C19H10ClN2S/c20-15-7-11-19-21-17(13-22(19)12-15)18-10-9-16(23-18)8-6-14-4-2-1-3-5-14/h1-5,7,9-12H. The first kappa shape index (κ1) is 14.1. The van der Waals surface area contributed by atoms with Crippen molar-refractivity contribution in [3.05, 3.63) is 82.5 Å². The Labute approximate surface area is 143 Å². The van der Waals surface area contributed by atoms with Crippen molar-refractivity contribution in [2.45, 2.75) is 0 Å². The lowest BCUT2D eigenvalue weighted by Crippen LogP contribution is -1.80. The fourth-order valence-electron chi connectivity index (χ4n) is 2.20. The van der Waals surface area contributed by atoms with E-state index < -0.39 is 0 Å². The predicted octanol–water partition coefficient (Wildman–Crippen LogP) is 4.92. The second-order valence-electron chi connectivity index (χ2n) is 4.93. The van der Waals surface area contributed by atoms with Crippen LogP contribution in [0.1, 0.15) is 10.4 Å². The summed E-state index contributed by atoms with van der Waals surface area (Å²) < 4.78 is 1.81. The highest BCUT2D eigenvalue weighted by atomic mass is 35.5. The molecule has 0 atom stereocenters. The summed E-state index contributed by atoms with van der Waals surface area (Å²) in [5, 5.41) is 0.665. The molecule has 0 aliphatic heterocycles. The molecule has 0 saturated carbocycles. The summed E-state index contributed by atoms with van der Waals surface area (Å²) in [4.78, 5) is 6.62. The number of thiophene rings is 1. The van der Waals surface area contributed by atoms with Gasteiger partial charge in [-0.05, 0) is 36.4 Å². The zero-order chi connectivity index (χ0) is 15.6. The van der Waals surface area contributed by atoms with Gasteiger partial charge >= 0.3 is 0 Å². The smallest absolute Gasteiger partial charge is 0.138 e. The van der Waals surface area contributed by atoms with Gasteiger partial charge in [0.1, 0.15) is 17.5 Å². The minimum Gasteiger partial charge on any atom is -0.296 e. The molecule has 3 heterocycles. The molecule has 1 aromatic carbocycles. The Morgan fingerprint density at radius 1 is 1.00 bits per heavy atom. The number of hydrogen-bond acceptors (Lipinski definition) is 2. The first-order valence-electron chi connectivity index (χ1n) is 7.02. The fourth-order valence-corrected chi connectivity index (χ4v) is 3.16. The van der Waals surface area contributed by atoms with Gasteiger partial charge in [-0.2, -0.15) is 0 Å². The van der Waals surface area contributed by atoms with Crippen molar-refractivity contribution in [2.24, 2.45) is 0 Å². The Morgan fingerprint density at radius 3 is 2.74 bits per heavy atom. The van der Waals surface area contributed by atoms with Crippen LogP contribution in [-0.2, 0) is 0 Å². The van der Waals surface area contributed by atoms with Gasteiger partial charge in [-0.15, -0.1) is 11.3 Å². The third-order valence-corrected chi connectivity index (χ3v) is 4.52. The van der Waals surface area contributed by atoms with Crippen LogP contribution in [0.3, 0.4) is 0 Å². The van der Waals surface area contributed by atoms with E-state index in [0.29, 0.717) is 5.02 Å². The summed E-state index contributed by atoms with van der Waals surface area (Å²) in [5.41, 5.74) is 2.65. The molecule has 23 heavy (non-hydrogen) atoms. The van der Waals surface area contributed by atoms with Gasteiger partial charge in [0.15, 0.2) is 0 Å². The minimum atomic E-state index is 0.665. The van der Waals surface area contributed by atoms with Crippen LogP contribution in [0.4, 0.5) is 0 Å². The molecule has 2 nitrogen and oxygen atoms in total. The highest BCUT2D eigenvalue weighted by molar-refractivity contribution is 7.16. The van der Waals surface area contributed by atoms with Gasteiger partial charge in [0.2, 0.25) is 0 Å². The van der Waals surface area contributed by atoms with Gasteiger partial charge in [-0.25, -0.2) is 4.98 Å². The second kappa shape index (κ2) is 5.92. The summed E-state index contributed by atoms with van der Waals surface area (Å²) >= 11 is 7.60. The van der Waals surface area contributed by atoms with Crippen LogP contribution in [0.15, 0.2) is 60.8 Å². The number of pyridine rings is 1. The number of hydrogen-bond donors (Lipinski definition) is 0. The van der Waals surface area contributed by atoms with Crippen molar-refractivity contribution in [2.75, 3.05) is 0 Å². The number of rotatable bonds is 1. The maximum absolute atomic E-state index is 5.99. The van der Waals surface area contributed by atoms with Crippen molar-refractivity contribution in [1.29, 1.82) is 0 Å². The van der Waals surface area contributed by atoms with Gasteiger partial charge in [-0.1, -0.05) is 41.6 Å². The zero-order valence-electron chi connectivity index (χ0n) is 12.0. The molecule has 0 N–H and O–H groups in total. The maximum Gasteiger partial charge on any atom is 0.138 e. The van der Waals surface area contributed by atoms with E-state index >= 15 is 0 Å². The molecule has 0 aliphatic carbocycles. The number of fused-ring (bicyclic) bond motifs is 1. The van der Waals surface area contributed by atoms with E-state index in [4.69, 9.17) is 11.6 Å². The van der Waals surface area contributed by atoms with E-state index in [2.05, 4.69) is 23.0 Å². The molecule has 1 radical (unpaired) electrons. The van der Waals surface area contributed by atoms with E-state index in [-0.39, 0.29) is 0 Å². The average molecular weight is 334 g/mol. The van der Waals surface area contributed by atoms with Gasteiger partial charge < -0.3 is 0 Å². The van der Waals surface area contributed by atoms with Crippen LogP contribution >= 0.6 is 22.9 Å². The Bertz CT molecular complexity index is 1040. The molecule has 0 amide bonds. The van der Waals surface area contributed by atoms with Crippen molar-refractivity contribution in [3.63, 3.8) is 0 Å².